The van der Waals surface area contributed by atoms with E-state index in [4.69, 9.17) is 0 Å². The van der Waals surface area contributed by atoms with E-state index in [-0.39, 0.29) is 5.91 Å². The molecule has 0 saturated carbocycles. The van der Waals surface area contributed by atoms with Gasteiger partial charge in [0, 0.05) is 43.6 Å². The monoisotopic (exact) mass is 411 g/mol. The van der Waals surface area contributed by atoms with Crippen molar-refractivity contribution in [1.29, 1.82) is 0 Å². The number of aromatic nitrogens is 1. The van der Waals surface area contributed by atoms with Gasteiger partial charge in [-0.05, 0) is 78.7 Å². The number of benzene rings is 2. The minimum Gasteiger partial charge on any atom is -0.330 e. The van der Waals surface area contributed by atoms with E-state index < -0.39 is 0 Å². The Morgan fingerprint density at radius 1 is 0.968 bits per heavy atom. The molecule has 0 radical (unpaired) electrons. The third kappa shape index (κ3) is 4.26. The van der Waals surface area contributed by atoms with Crippen LogP contribution in [0.15, 0.2) is 67.0 Å². The molecule has 4 nitrogen and oxygen atoms in total. The summed E-state index contributed by atoms with van der Waals surface area (Å²) in [6.07, 6.45) is 7.13. The van der Waals surface area contributed by atoms with Gasteiger partial charge in [-0.2, -0.15) is 0 Å². The van der Waals surface area contributed by atoms with E-state index in [2.05, 4.69) is 59.3 Å². The highest BCUT2D eigenvalue weighted by Crippen LogP contribution is 2.29. The maximum Gasteiger partial charge on any atom is 0.254 e. The van der Waals surface area contributed by atoms with Gasteiger partial charge in [0.05, 0.1) is 0 Å². The fourth-order valence-electron chi connectivity index (χ4n) is 4.86. The van der Waals surface area contributed by atoms with Gasteiger partial charge in [0.1, 0.15) is 0 Å². The Bertz CT molecular complexity index is 1060. The molecule has 2 aromatic carbocycles. The summed E-state index contributed by atoms with van der Waals surface area (Å²) in [4.78, 5) is 21.3. The normalized spacial score (nSPS) is 18.4. The van der Waals surface area contributed by atoms with Crippen LogP contribution in [0.25, 0.3) is 11.1 Å². The molecule has 0 bridgehead atoms. The standard InChI is InChI=1S/C27H29N3O/c1-20-3-2-15-29(20)16-12-21-4-6-22(7-5-21)24-8-9-25-18-30(19-26(25)17-24)27(31)23-10-13-28-14-11-23/h4-11,13-14,17,20H,2-3,12,15-16,18-19H2,1H3/t20-/m1/s1. The predicted octanol–water partition coefficient (Wildman–Crippen LogP) is 4.93. The molecule has 0 aliphatic carbocycles. The van der Waals surface area contributed by atoms with E-state index in [0.717, 1.165) is 19.0 Å². The molecule has 1 fully saturated rings. The summed E-state index contributed by atoms with van der Waals surface area (Å²) < 4.78 is 0. The fourth-order valence-corrected chi connectivity index (χ4v) is 4.86. The van der Waals surface area contributed by atoms with Crippen LogP contribution in [0.3, 0.4) is 0 Å². The van der Waals surface area contributed by atoms with Crippen molar-refractivity contribution in [2.24, 2.45) is 0 Å². The van der Waals surface area contributed by atoms with Crippen LogP contribution in [0.5, 0.6) is 0 Å². The van der Waals surface area contributed by atoms with Crippen LogP contribution >= 0.6 is 0 Å². The lowest BCUT2D eigenvalue weighted by molar-refractivity contribution is 0.0751. The molecule has 1 aromatic heterocycles. The number of carbonyl (C=O) groups excluding carboxylic acids is 1. The van der Waals surface area contributed by atoms with E-state index in [0.29, 0.717) is 18.7 Å². The molecule has 1 saturated heterocycles. The van der Waals surface area contributed by atoms with Crippen LogP contribution in [-0.4, -0.2) is 39.8 Å². The molecule has 3 heterocycles. The largest absolute Gasteiger partial charge is 0.330 e. The third-order valence-corrected chi connectivity index (χ3v) is 6.81. The van der Waals surface area contributed by atoms with E-state index in [1.54, 1.807) is 24.5 Å². The molecule has 2 aliphatic rings. The minimum atomic E-state index is 0.0665. The van der Waals surface area contributed by atoms with Crippen molar-refractivity contribution < 1.29 is 4.79 Å². The van der Waals surface area contributed by atoms with Gasteiger partial charge in [0.25, 0.3) is 5.91 Å². The maximum absolute atomic E-state index is 12.8. The second-order valence-electron chi connectivity index (χ2n) is 8.85. The molecule has 158 valence electrons. The molecule has 0 unspecified atom stereocenters. The Hall–Kier alpha value is -2.98. The van der Waals surface area contributed by atoms with Crippen LogP contribution in [-0.2, 0) is 19.5 Å². The SMILES string of the molecule is C[C@@H]1CCCN1CCc1ccc(-c2ccc3c(c2)CN(C(=O)c2ccncc2)C3)cc1. The second kappa shape index (κ2) is 8.64. The number of nitrogens with zero attached hydrogens (tertiary/aromatic N) is 3. The lowest BCUT2D eigenvalue weighted by Crippen LogP contribution is -2.28. The van der Waals surface area contributed by atoms with Crippen LogP contribution in [0.2, 0.25) is 0 Å². The van der Waals surface area contributed by atoms with Gasteiger partial charge in [-0.15, -0.1) is 0 Å². The fraction of sp³-hybridized carbons (Fsp3) is 0.333. The first kappa shape index (κ1) is 20.0. The Labute approximate surface area is 184 Å². The van der Waals surface area contributed by atoms with Crippen LogP contribution in [0.1, 0.15) is 46.8 Å². The highest BCUT2D eigenvalue weighted by Gasteiger charge is 2.24. The summed E-state index contributed by atoms with van der Waals surface area (Å²) in [6, 6.07) is 19.9. The van der Waals surface area contributed by atoms with Crippen molar-refractivity contribution >= 4 is 5.91 Å². The van der Waals surface area contributed by atoms with Crippen molar-refractivity contribution in [3.63, 3.8) is 0 Å². The summed E-state index contributed by atoms with van der Waals surface area (Å²) in [5, 5.41) is 0. The number of fused-ring (bicyclic) bond motifs is 1. The molecular formula is C27H29N3O. The highest BCUT2D eigenvalue weighted by atomic mass is 16.2. The summed E-state index contributed by atoms with van der Waals surface area (Å²) in [5.74, 6) is 0.0665. The summed E-state index contributed by atoms with van der Waals surface area (Å²) in [5.41, 5.74) is 7.03. The summed E-state index contributed by atoms with van der Waals surface area (Å²) in [6.45, 7) is 6.08. The molecule has 31 heavy (non-hydrogen) atoms. The van der Waals surface area contributed by atoms with Crippen molar-refractivity contribution in [3.8, 4) is 11.1 Å². The molecule has 1 atom stereocenters. The topological polar surface area (TPSA) is 36.4 Å². The number of pyridine rings is 1. The van der Waals surface area contributed by atoms with Crippen LogP contribution in [0.4, 0.5) is 0 Å². The maximum atomic E-state index is 12.8. The number of hydrogen-bond acceptors (Lipinski definition) is 3. The first-order valence-corrected chi connectivity index (χ1v) is 11.3. The highest BCUT2D eigenvalue weighted by molar-refractivity contribution is 5.94. The molecule has 5 rings (SSSR count). The summed E-state index contributed by atoms with van der Waals surface area (Å²) in [7, 11) is 0. The molecule has 1 amide bonds. The zero-order valence-corrected chi connectivity index (χ0v) is 18.1. The van der Waals surface area contributed by atoms with Crippen molar-refractivity contribution in [1.82, 2.24) is 14.8 Å². The van der Waals surface area contributed by atoms with Crippen molar-refractivity contribution in [2.75, 3.05) is 13.1 Å². The molecular weight excluding hydrogens is 382 g/mol. The number of hydrogen-bond donors (Lipinski definition) is 0. The Balaban J connectivity index is 1.25. The Morgan fingerprint density at radius 3 is 2.45 bits per heavy atom. The zero-order chi connectivity index (χ0) is 21.2. The number of rotatable bonds is 5. The molecule has 4 heteroatoms. The van der Waals surface area contributed by atoms with Crippen molar-refractivity contribution in [3.05, 3.63) is 89.2 Å². The van der Waals surface area contributed by atoms with Gasteiger partial charge in [0.15, 0.2) is 0 Å². The van der Waals surface area contributed by atoms with E-state index in [1.165, 1.54) is 47.2 Å². The molecule has 0 spiro atoms. The number of likely N-dealkylation sites (tertiary alicyclic amines) is 1. The average Bonchev–Trinajstić information content (AvgIpc) is 3.43. The Morgan fingerprint density at radius 2 is 1.71 bits per heavy atom. The predicted molar refractivity (Wildman–Crippen MR) is 124 cm³/mol. The average molecular weight is 412 g/mol. The van der Waals surface area contributed by atoms with Gasteiger partial charge in [-0.1, -0.05) is 36.4 Å². The van der Waals surface area contributed by atoms with Gasteiger partial charge in [-0.25, -0.2) is 0 Å². The van der Waals surface area contributed by atoms with Gasteiger partial charge in [-0.3, -0.25) is 9.78 Å². The quantitative estimate of drug-likeness (QED) is 0.597. The molecule has 3 aromatic rings. The zero-order valence-electron chi connectivity index (χ0n) is 18.1. The summed E-state index contributed by atoms with van der Waals surface area (Å²) >= 11 is 0. The molecule has 2 aliphatic heterocycles. The lowest BCUT2D eigenvalue weighted by Gasteiger charge is -2.20. The van der Waals surface area contributed by atoms with Crippen LogP contribution < -0.4 is 0 Å². The number of amides is 1. The van der Waals surface area contributed by atoms with Crippen molar-refractivity contribution in [2.45, 2.75) is 45.3 Å². The first-order valence-electron chi connectivity index (χ1n) is 11.3. The van der Waals surface area contributed by atoms with Gasteiger partial charge < -0.3 is 9.80 Å². The number of carbonyl (C=O) groups is 1. The minimum absolute atomic E-state index is 0.0665. The lowest BCUT2D eigenvalue weighted by atomic mass is 9.99. The van der Waals surface area contributed by atoms with Crippen LogP contribution in [0, 0.1) is 0 Å². The van der Waals surface area contributed by atoms with Gasteiger partial charge in [0.2, 0.25) is 0 Å². The first-order chi connectivity index (χ1) is 15.2. The third-order valence-electron chi connectivity index (χ3n) is 6.81. The Kier molecular flexibility index (Phi) is 5.56. The second-order valence-corrected chi connectivity index (χ2v) is 8.85. The van der Waals surface area contributed by atoms with E-state index >= 15 is 0 Å². The smallest absolute Gasteiger partial charge is 0.254 e. The van der Waals surface area contributed by atoms with E-state index in [9.17, 15) is 4.79 Å². The van der Waals surface area contributed by atoms with Gasteiger partial charge >= 0.3 is 0 Å². The van der Waals surface area contributed by atoms with E-state index in [1.807, 2.05) is 4.90 Å². The molecule has 0 N–H and O–H groups in total.